The van der Waals surface area contributed by atoms with E-state index >= 15 is 0 Å². The molecule has 0 saturated heterocycles. The second kappa shape index (κ2) is 5.36. The molecule has 0 aliphatic carbocycles. The first-order chi connectivity index (χ1) is 9.75. The van der Waals surface area contributed by atoms with Gasteiger partial charge >= 0.3 is 0 Å². The van der Waals surface area contributed by atoms with Gasteiger partial charge in [0, 0.05) is 44.0 Å². The highest BCUT2D eigenvalue weighted by Crippen LogP contribution is 2.24. The van der Waals surface area contributed by atoms with Crippen LogP contribution in [0, 0.1) is 6.92 Å². The zero-order valence-electron chi connectivity index (χ0n) is 11.4. The number of fused-ring (bicyclic) bond motifs is 1. The number of nitrogens with zero attached hydrogens (tertiary/aromatic N) is 4. The largest absolute Gasteiger partial charge is 0.478 e. The first-order valence-corrected chi connectivity index (χ1v) is 6.70. The molecule has 7 nitrogen and oxygen atoms in total. The van der Waals surface area contributed by atoms with Gasteiger partial charge < -0.3 is 14.6 Å². The van der Waals surface area contributed by atoms with Gasteiger partial charge in [0.2, 0.25) is 5.88 Å². The zero-order valence-corrected chi connectivity index (χ0v) is 11.4. The zero-order chi connectivity index (χ0) is 13.9. The maximum atomic E-state index is 12.1. The summed E-state index contributed by atoms with van der Waals surface area (Å²) in [4.78, 5) is 16.1. The van der Waals surface area contributed by atoms with Crippen LogP contribution in [0.5, 0.6) is 5.88 Å². The van der Waals surface area contributed by atoms with Crippen LogP contribution in [0.3, 0.4) is 0 Å². The van der Waals surface area contributed by atoms with E-state index in [0.29, 0.717) is 25.4 Å². The van der Waals surface area contributed by atoms with E-state index in [9.17, 15) is 4.79 Å². The van der Waals surface area contributed by atoms with E-state index in [4.69, 9.17) is 4.74 Å². The van der Waals surface area contributed by atoms with Crippen LogP contribution in [0.4, 0.5) is 0 Å². The number of ether oxygens (including phenoxy) is 1. The van der Waals surface area contributed by atoms with Crippen molar-refractivity contribution in [2.45, 2.75) is 26.4 Å². The van der Waals surface area contributed by atoms with Gasteiger partial charge in [-0.05, 0) is 6.92 Å². The van der Waals surface area contributed by atoms with Crippen LogP contribution in [0.1, 0.15) is 22.5 Å². The summed E-state index contributed by atoms with van der Waals surface area (Å²) in [5, 5.41) is 7.19. The molecular weight excluding hydrogens is 258 g/mol. The molecule has 0 bridgehead atoms. The Morgan fingerprint density at radius 3 is 3.20 bits per heavy atom. The minimum atomic E-state index is -0.159. The molecule has 0 unspecified atom stereocenters. The van der Waals surface area contributed by atoms with Crippen LogP contribution in [0.25, 0.3) is 0 Å². The van der Waals surface area contributed by atoms with Crippen molar-refractivity contribution in [3.63, 3.8) is 0 Å². The van der Waals surface area contributed by atoms with Crippen molar-refractivity contribution < 1.29 is 9.53 Å². The maximum absolute atomic E-state index is 12.1. The monoisotopic (exact) mass is 275 g/mol. The number of nitrogens with one attached hydrogen (secondary N) is 1. The van der Waals surface area contributed by atoms with Gasteiger partial charge in [0.25, 0.3) is 5.91 Å². The Kier molecular flexibility index (Phi) is 3.41. The summed E-state index contributed by atoms with van der Waals surface area (Å²) in [5.74, 6) is 0.559. The van der Waals surface area contributed by atoms with E-state index in [2.05, 4.69) is 15.4 Å². The molecule has 1 aliphatic heterocycles. The molecule has 3 heterocycles. The summed E-state index contributed by atoms with van der Waals surface area (Å²) in [7, 11) is 0. The van der Waals surface area contributed by atoms with Gasteiger partial charge in [0.1, 0.15) is 0 Å². The molecule has 3 rings (SSSR count). The first-order valence-electron chi connectivity index (χ1n) is 6.70. The molecule has 0 spiro atoms. The predicted molar refractivity (Wildman–Crippen MR) is 71.6 cm³/mol. The van der Waals surface area contributed by atoms with E-state index in [1.54, 1.807) is 17.2 Å². The normalized spacial score (nSPS) is 13.7. The van der Waals surface area contributed by atoms with Crippen molar-refractivity contribution in [2.75, 3.05) is 13.2 Å². The van der Waals surface area contributed by atoms with Crippen LogP contribution in [0.2, 0.25) is 0 Å². The number of carbonyl (C=O) groups is 1. The second-order valence-electron chi connectivity index (χ2n) is 4.76. The number of rotatable bonds is 4. The van der Waals surface area contributed by atoms with Crippen LogP contribution in [0.15, 0.2) is 18.7 Å². The van der Waals surface area contributed by atoms with Gasteiger partial charge in [0.05, 0.1) is 12.9 Å². The first kappa shape index (κ1) is 12.7. The Balaban J connectivity index is 1.63. The summed E-state index contributed by atoms with van der Waals surface area (Å²) in [6.07, 6.45) is 6.23. The van der Waals surface area contributed by atoms with Crippen LogP contribution < -0.4 is 10.1 Å². The summed E-state index contributed by atoms with van der Waals surface area (Å²) < 4.78 is 9.24. The van der Waals surface area contributed by atoms with Crippen LogP contribution in [-0.2, 0) is 13.1 Å². The van der Waals surface area contributed by atoms with Gasteiger partial charge in [0.15, 0.2) is 5.69 Å². The molecule has 2 aromatic heterocycles. The molecular formula is C13H17N5O2. The molecule has 0 radical (unpaired) electrons. The van der Waals surface area contributed by atoms with Gasteiger partial charge in [-0.25, -0.2) is 9.67 Å². The molecule has 0 aromatic carbocycles. The van der Waals surface area contributed by atoms with Crippen LogP contribution >= 0.6 is 0 Å². The van der Waals surface area contributed by atoms with Gasteiger partial charge in [-0.15, -0.1) is 0 Å². The number of aryl methyl sites for hydroxylation is 1. The lowest BCUT2D eigenvalue weighted by Crippen LogP contribution is -2.28. The highest BCUT2D eigenvalue weighted by Gasteiger charge is 2.22. The second-order valence-corrected chi connectivity index (χ2v) is 4.76. The summed E-state index contributed by atoms with van der Waals surface area (Å²) in [6, 6.07) is 0. The number of amides is 1. The van der Waals surface area contributed by atoms with Crippen molar-refractivity contribution in [2.24, 2.45) is 0 Å². The maximum Gasteiger partial charge on any atom is 0.272 e. The number of carbonyl (C=O) groups excluding carboxylic acids is 1. The van der Waals surface area contributed by atoms with Gasteiger partial charge in [-0.3, -0.25) is 4.79 Å². The average Bonchev–Trinajstić information content (AvgIpc) is 3.08. The topological polar surface area (TPSA) is 74.0 Å². The Bertz CT molecular complexity index is 603. The van der Waals surface area contributed by atoms with Crippen molar-refractivity contribution in [3.8, 4) is 5.88 Å². The Morgan fingerprint density at radius 2 is 2.45 bits per heavy atom. The third kappa shape index (κ3) is 2.38. The molecule has 1 N–H and O–H groups in total. The lowest BCUT2D eigenvalue weighted by molar-refractivity contribution is 0.0946. The van der Waals surface area contributed by atoms with Gasteiger partial charge in [-0.1, -0.05) is 0 Å². The minimum Gasteiger partial charge on any atom is -0.478 e. The fourth-order valence-corrected chi connectivity index (χ4v) is 2.27. The van der Waals surface area contributed by atoms with E-state index < -0.39 is 0 Å². The number of hydrogen-bond donors (Lipinski definition) is 1. The third-order valence-corrected chi connectivity index (χ3v) is 3.31. The SMILES string of the molecule is Cc1c(C(=O)NCCn2ccnc2)nn2c1OCCC2. The summed E-state index contributed by atoms with van der Waals surface area (Å²) >= 11 is 0. The smallest absolute Gasteiger partial charge is 0.272 e. The molecule has 0 saturated carbocycles. The number of hydrogen-bond acceptors (Lipinski definition) is 4. The number of imidazole rings is 1. The molecule has 0 atom stereocenters. The Hall–Kier alpha value is -2.31. The summed E-state index contributed by atoms with van der Waals surface area (Å²) in [5.41, 5.74) is 1.26. The molecule has 20 heavy (non-hydrogen) atoms. The molecule has 0 fully saturated rings. The van der Waals surface area contributed by atoms with Crippen molar-refractivity contribution in [1.82, 2.24) is 24.6 Å². The predicted octanol–water partition coefficient (Wildman–Crippen LogP) is 0.601. The Labute approximate surface area is 116 Å². The average molecular weight is 275 g/mol. The highest BCUT2D eigenvalue weighted by molar-refractivity contribution is 5.94. The van der Waals surface area contributed by atoms with E-state index in [-0.39, 0.29) is 5.91 Å². The highest BCUT2D eigenvalue weighted by atomic mass is 16.5. The van der Waals surface area contributed by atoms with Crippen molar-refractivity contribution >= 4 is 5.91 Å². The van der Waals surface area contributed by atoms with Crippen molar-refractivity contribution in [1.29, 1.82) is 0 Å². The standard InChI is InChI=1S/C13H17N5O2/c1-10-11(16-18-5-2-8-20-13(10)18)12(19)15-4-7-17-6-3-14-9-17/h3,6,9H,2,4-5,7-8H2,1H3,(H,15,19). The number of aromatic nitrogens is 4. The van der Waals surface area contributed by atoms with E-state index in [1.807, 2.05) is 17.7 Å². The lowest BCUT2D eigenvalue weighted by atomic mass is 10.2. The van der Waals surface area contributed by atoms with E-state index in [0.717, 1.165) is 24.4 Å². The molecule has 106 valence electrons. The fraction of sp³-hybridized carbons (Fsp3) is 0.462. The van der Waals surface area contributed by atoms with E-state index in [1.165, 1.54) is 0 Å². The quantitative estimate of drug-likeness (QED) is 0.886. The van der Waals surface area contributed by atoms with Crippen molar-refractivity contribution in [3.05, 3.63) is 30.0 Å². The fourth-order valence-electron chi connectivity index (χ4n) is 2.27. The molecule has 2 aromatic rings. The third-order valence-electron chi connectivity index (χ3n) is 3.31. The molecule has 1 amide bonds. The van der Waals surface area contributed by atoms with Gasteiger partial charge in [-0.2, -0.15) is 5.10 Å². The summed E-state index contributed by atoms with van der Waals surface area (Å²) in [6.45, 7) is 4.59. The lowest BCUT2D eigenvalue weighted by Gasteiger charge is -2.14. The van der Waals surface area contributed by atoms with Crippen LogP contribution in [-0.4, -0.2) is 38.4 Å². The Morgan fingerprint density at radius 1 is 1.55 bits per heavy atom. The molecule has 1 aliphatic rings. The minimum absolute atomic E-state index is 0.159. The molecule has 7 heteroatoms.